The van der Waals surface area contributed by atoms with Crippen LogP contribution in [0.25, 0.3) is 11.0 Å². The van der Waals surface area contributed by atoms with Gasteiger partial charge in [-0.15, -0.1) is 0 Å². The van der Waals surface area contributed by atoms with Crippen molar-refractivity contribution in [3.05, 3.63) is 5.69 Å². The number of rotatable bonds is 8. The Labute approximate surface area is 148 Å². The Morgan fingerprint density at radius 1 is 1.00 bits per heavy atom. The predicted molar refractivity (Wildman–Crippen MR) is 93.4 cm³/mol. The second-order valence-corrected chi connectivity index (χ2v) is 5.61. The Hall–Kier alpha value is -2.43. The molecule has 2 heterocycles. The fourth-order valence-electron chi connectivity index (χ4n) is 2.28. The molecule has 0 saturated heterocycles. The Morgan fingerprint density at radius 2 is 1.62 bits per heavy atom. The van der Waals surface area contributed by atoms with Gasteiger partial charge in [-0.2, -0.15) is 18.2 Å². The van der Waals surface area contributed by atoms with E-state index in [1.807, 2.05) is 6.92 Å². The standard InChI is InChI=1S/C15H22F3N7O/c1-4-7-21-12-11-10(23-14(20-3)25-12)8(22-13(19-2)24-11)5-6-9(26)15(16,17)18/h9,26H,4-7H2,1-3H3,(H,19,22,24)(H2,20,21,23,25). The smallest absolute Gasteiger partial charge is 0.384 e. The molecule has 0 fully saturated rings. The maximum atomic E-state index is 12.6. The zero-order chi connectivity index (χ0) is 19.3. The molecular weight excluding hydrogens is 351 g/mol. The molecule has 0 saturated carbocycles. The van der Waals surface area contributed by atoms with E-state index >= 15 is 0 Å². The lowest BCUT2D eigenvalue weighted by Crippen LogP contribution is -2.29. The zero-order valence-corrected chi connectivity index (χ0v) is 14.8. The topological polar surface area (TPSA) is 108 Å². The average molecular weight is 373 g/mol. The van der Waals surface area contributed by atoms with E-state index in [0.717, 1.165) is 6.42 Å². The molecule has 2 rings (SSSR count). The van der Waals surface area contributed by atoms with E-state index in [1.165, 1.54) is 0 Å². The number of aliphatic hydroxyl groups is 1. The monoisotopic (exact) mass is 373 g/mol. The first kappa shape index (κ1) is 19.9. The number of fused-ring (bicyclic) bond motifs is 1. The normalized spacial score (nSPS) is 12.9. The van der Waals surface area contributed by atoms with Crippen LogP contribution >= 0.6 is 0 Å². The summed E-state index contributed by atoms with van der Waals surface area (Å²) in [6.45, 7) is 2.64. The zero-order valence-electron chi connectivity index (χ0n) is 14.8. The number of nitrogens with one attached hydrogen (secondary N) is 3. The second-order valence-electron chi connectivity index (χ2n) is 5.61. The van der Waals surface area contributed by atoms with E-state index in [4.69, 9.17) is 0 Å². The number of hydrogen-bond donors (Lipinski definition) is 4. The molecule has 0 aliphatic carbocycles. The molecule has 0 amide bonds. The highest BCUT2D eigenvalue weighted by Gasteiger charge is 2.37. The van der Waals surface area contributed by atoms with E-state index in [0.29, 0.717) is 35.0 Å². The number of alkyl halides is 3. The Balaban J connectivity index is 2.50. The van der Waals surface area contributed by atoms with Crippen molar-refractivity contribution in [2.24, 2.45) is 0 Å². The number of aromatic nitrogens is 4. The van der Waals surface area contributed by atoms with Gasteiger partial charge in [0.25, 0.3) is 0 Å². The fraction of sp³-hybridized carbons (Fsp3) is 0.600. The molecule has 0 spiro atoms. The molecule has 8 nitrogen and oxygen atoms in total. The first-order chi connectivity index (χ1) is 12.3. The summed E-state index contributed by atoms with van der Waals surface area (Å²) in [6, 6.07) is 0. The molecular formula is C15H22F3N7O. The molecule has 4 N–H and O–H groups in total. The van der Waals surface area contributed by atoms with Crippen molar-refractivity contribution in [2.45, 2.75) is 38.5 Å². The number of aryl methyl sites for hydroxylation is 1. The summed E-state index contributed by atoms with van der Waals surface area (Å²) < 4.78 is 37.8. The van der Waals surface area contributed by atoms with Crippen LogP contribution in [0, 0.1) is 0 Å². The first-order valence-electron chi connectivity index (χ1n) is 8.23. The van der Waals surface area contributed by atoms with Crippen molar-refractivity contribution in [3.8, 4) is 0 Å². The minimum Gasteiger partial charge on any atom is -0.384 e. The highest BCUT2D eigenvalue weighted by Crippen LogP contribution is 2.27. The van der Waals surface area contributed by atoms with E-state index in [-0.39, 0.29) is 12.4 Å². The van der Waals surface area contributed by atoms with Gasteiger partial charge in [-0.05, 0) is 19.3 Å². The number of aliphatic hydroxyl groups excluding tert-OH is 1. The van der Waals surface area contributed by atoms with E-state index in [1.54, 1.807) is 14.1 Å². The molecule has 0 radical (unpaired) electrons. The molecule has 0 aliphatic rings. The lowest BCUT2D eigenvalue weighted by Gasteiger charge is -2.16. The quantitative estimate of drug-likeness (QED) is 0.558. The van der Waals surface area contributed by atoms with Crippen molar-refractivity contribution in [1.82, 2.24) is 19.9 Å². The first-order valence-corrected chi connectivity index (χ1v) is 8.23. The molecule has 2 aromatic rings. The van der Waals surface area contributed by atoms with Crippen LogP contribution < -0.4 is 16.0 Å². The van der Waals surface area contributed by atoms with Gasteiger partial charge >= 0.3 is 6.18 Å². The second kappa shape index (κ2) is 8.30. The van der Waals surface area contributed by atoms with Gasteiger partial charge in [0.2, 0.25) is 11.9 Å². The van der Waals surface area contributed by atoms with Crippen LogP contribution in [0.2, 0.25) is 0 Å². The molecule has 11 heteroatoms. The van der Waals surface area contributed by atoms with E-state index in [2.05, 4.69) is 35.9 Å². The highest BCUT2D eigenvalue weighted by atomic mass is 19.4. The summed E-state index contributed by atoms with van der Waals surface area (Å²) >= 11 is 0. The molecule has 144 valence electrons. The number of nitrogens with zero attached hydrogens (tertiary/aromatic N) is 4. The van der Waals surface area contributed by atoms with Crippen LogP contribution in [0.1, 0.15) is 25.5 Å². The third-order valence-corrected chi connectivity index (χ3v) is 3.64. The minimum absolute atomic E-state index is 0.109. The van der Waals surface area contributed by atoms with Crippen molar-refractivity contribution in [1.29, 1.82) is 0 Å². The Morgan fingerprint density at radius 3 is 2.19 bits per heavy atom. The van der Waals surface area contributed by atoms with Gasteiger partial charge in [0.1, 0.15) is 17.1 Å². The highest BCUT2D eigenvalue weighted by molar-refractivity contribution is 5.88. The third-order valence-electron chi connectivity index (χ3n) is 3.64. The van der Waals surface area contributed by atoms with Crippen molar-refractivity contribution in [3.63, 3.8) is 0 Å². The van der Waals surface area contributed by atoms with Gasteiger partial charge in [0.05, 0.1) is 5.69 Å². The molecule has 1 unspecified atom stereocenters. The van der Waals surface area contributed by atoms with Crippen LogP contribution in [-0.4, -0.2) is 58.0 Å². The lowest BCUT2D eigenvalue weighted by atomic mass is 10.1. The van der Waals surface area contributed by atoms with Crippen LogP contribution in [0.15, 0.2) is 0 Å². The molecule has 26 heavy (non-hydrogen) atoms. The summed E-state index contributed by atoms with van der Waals surface area (Å²) in [5.74, 6) is 1.02. The minimum atomic E-state index is -4.67. The van der Waals surface area contributed by atoms with Gasteiger partial charge in [-0.1, -0.05) is 6.92 Å². The van der Waals surface area contributed by atoms with Crippen molar-refractivity contribution >= 4 is 28.7 Å². The van der Waals surface area contributed by atoms with Crippen LogP contribution in [0.3, 0.4) is 0 Å². The maximum Gasteiger partial charge on any atom is 0.414 e. The molecule has 0 aliphatic heterocycles. The Bertz CT molecular complexity index is 754. The number of hydrogen-bond acceptors (Lipinski definition) is 8. The fourth-order valence-corrected chi connectivity index (χ4v) is 2.28. The lowest BCUT2D eigenvalue weighted by molar-refractivity contribution is -0.205. The van der Waals surface area contributed by atoms with Gasteiger partial charge < -0.3 is 21.1 Å². The Kier molecular flexibility index (Phi) is 6.35. The third kappa shape index (κ3) is 4.59. The largest absolute Gasteiger partial charge is 0.414 e. The van der Waals surface area contributed by atoms with Gasteiger partial charge in [-0.25, -0.2) is 15.0 Å². The van der Waals surface area contributed by atoms with E-state index in [9.17, 15) is 18.3 Å². The van der Waals surface area contributed by atoms with Crippen LogP contribution in [0.4, 0.5) is 30.9 Å². The molecule has 1 atom stereocenters. The molecule has 0 aromatic carbocycles. The van der Waals surface area contributed by atoms with Crippen molar-refractivity contribution in [2.75, 3.05) is 36.6 Å². The maximum absolute atomic E-state index is 12.6. The summed E-state index contributed by atoms with van der Waals surface area (Å²) in [6.07, 6.45) is -6.87. The van der Waals surface area contributed by atoms with Gasteiger partial charge in [-0.3, -0.25) is 0 Å². The van der Waals surface area contributed by atoms with Crippen LogP contribution in [0.5, 0.6) is 0 Å². The van der Waals surface area contributed by atoms with Crippen LogP contribution in [-0.2, 0) is 6.42 Å². The SMILES string of the molecule is CCCNc1nc(NC)nc2c(CCC(O)C(F)(F)F)nc(NC)nc12. The summed E-state index contributed by atoms with van der Waals surface area (Å²) in [4.78, 5) is 17.2. The molecule has 0 bridgehead atoms. The van der Waals surface area contributed by atoms with Gasteiger partial charge in [0, 0.05) is 20.6 Å². The predicted octanol–water partition coefficient (Wildman–Crippen LogP) is 2.18. The molecule has 2 aromatic heterocycles. The summed E-state index contributed by atoms with van der Waals surface area (Å²) in [5.41, 5.74) is 1.06. The number of anilines is 3. The average Bonchev–Trinajstić information content (AvgIpc) is 2.62. The summed E-state index contributed by atoms with van der Waals surface area (Å²) in [5, 5.41) is 18.0. The van der Waals surface area contributed by atoms with Gasteiger partial charge in [0.15, 0.2) is 5.82 Å². The van der Waals surface area contributed by atoms with Crippen molar-refractivity contribution < 1.29 is 18.3 Å². The summed E-state index contributed by atoms with van der Waals surface area (Å²) in [7, 11) is 3.25. The number of halogens is 3. The van der Waals surface area contributed by atoms with E-state index < -0.39 is 18.7 Å².